The third-order valence-electron chi connectivity index (χ3n) is 4.97. The van der Waals surface area contributed by atoms with E-state index in [1.807, 2.05) is 11.9 Å². The van der Waals surface area contributed by atoms with Gasteiger partial charge in [-0.3, -0.25) is 14.7 Å². The number of carbonyl (C=O) groups excluding carboxylic acids is 2. The first-order chi connectivity index (χ1) is 15.0. The van der Waals surface area contributed by atoms with Crippen LogP contribution in [0.4, 0.5) is 14.5 Å². The Bertz CT molecular complexity index is 1020. The van der Waals surface area contributed by atoms with E-state index in [1.54, 1.807) is 43.9 Å². The van der Waals surface area contributed by atoms with Crippen molar-refractivity contribution in [1.82, 2.24) is 9.88 Å². The van der Waals surface area contributed by atoms with Crippen molar-refractivity contribution in [2.24, 2.45) is 0 Å². The minimum Gasteiger partial charge on any atom is -0.494 e. The van der Waals surface area contributed by atoms with Crippen molar-refractivity contribution in [3.63, 3.8) is 0 Å². The zero-order valence-corrected chi connectivity index (χ0v) is 18.8. The molecule has 1 aromatic carbocycles. The summed E-state index contributed by atoms with van der Waals surface area (Å²) in [6.45, 7) is 6.63. The lowest BCUT2D eigenvalue weighted by Crippen LogP contribution is -2.48. The summed E-state index contributed by atoms with van der Waals surface area (Å²) in [5.74, 6) is -0.480. The first kappa shape index (κ1) is 23.6. The van der Waals surface area contributed by atoms with E-state index >= 15 is 0 Å². The van der Waals surface area contributed by atoms with Gasteiger partial charge in [-0.2, -0.15) is 0 Å². The second-order valence-corrected chi connectivity index (χ2v) is 8.63. The van der Waals surface area contributed by atoms with Crippen LogP contribution in [0.5, 0.6) is 5.75 Å². The van der Waals surface area contributed by atoms with Crippen molar-refractivity contribution in [3.05, 3.63) is 41.7 Å². The summed E-state index contributed by atoms with van der Waals surface area (Å²) in [6, 6.07) is 6.04. The molecular weight excluding hydrogens is 420 g/mol. The lowest BCUT2D eigenvalue weighted by Gasteiger charge is -2.32. The number of methoxy groups -OCH3 is 1. The molecule has 0 unspecified atom stereocenters. The number of alkyl halides is 2. The fourth-order valence-electron chi connectivity index (χ4n) is 3.45. The third kappa shape index (κ3) is 5.21. The van der Waals surface area contributed by atoms with Gasteiger partial charge in [0.15, 0.2) is 0 Å². The van der Waals surface area contributed by atoms with Crippen molar-refractivity contribution in [1.29, 1.82) is 0 Å². The fraction of sp³-hybridized carbons (Fsp3) is 0.435. The number of piperazine rings is 1. The lowest BCUT2D eigenvalue weighted by atomic mass is 9.97. The number of esters is 1. The minimum atomic E-state index is -2.80. The number of carbonyl (C=O) groups is 2. The van der Waals surface area contributed by atoms with Gasteiger partial charge in [-0.25, -0.2) is 13.6 Å². The molecule has 7 nitrogen and oxygen atoms in total. The first-order valence-corrected chi connectivity index (χ1v) is 10.2. The monoisotopic (exact) mass is 447 g/mol. The van der Waals surface area contributed by atoms with Crippen molar-refractivity contribution in [2.45, 2.75) is 32.8 Å². The van der Waals surface area contributed by atoms with Crippen LogP contribution >= 0.6 is 0 Å². The van der Waals surface area contributed by atoms with Gasteiger partial charge in [0.05, 0.1) is 25.4 Å². The molecule has 1 saturated heterocycles. The molecule has 32 heavy (non-hydrogen) atoms. The number of anilines is 1. The second kappa shape index (κ2) is 9.20. The number of benzene rings is 1. The third-order valence-corrected chi connectivity index (χ3v) is 4.97. The van der Waals surface area contributed by atoms with Crippen LogP contribution in [0.15, 0.2) is 30.5 Å². The predicted octanol–water partition coefficient (Wildman–Crippen LogP) is 3.93. The largest absolute Gasteiger partial charge is 0.494 e. The molecule has 3 rings (SSSR count). The Labute approximate surface area is 185 Å². The van der Waals surface area contributed by atoms with Crippen LogP contribution < -0.4 is 9.64 Å². The number of hydrogen-bond donors (Lipinski definition) is 0. The highest BCUT2D eigenvalue weighted by atomic mass is 19.3. The summed E-state index contributed by atoms with van der Waals surface area (Å²) in [5.41, 5.74) is 0.123. The number of rotatable bonds is 5. The Morgan fingerprint density at radius 1 is 1.16 bits per heavy atom. The summed E-state index contributed by atoms with van der Waals surface area (Å²) in [7, 11) is 3.25. The number of halogens is 2. The molecule has 0 spiro atoms. The van der Waals surface area contributed by atoms with Crippen molar-refractivity contribution < 1.29 is 27.8 Å². The molecule has 0 saturated carbocycles. The van der Waals surface area contributed by atoms with Crippen LogP contribution in [0, 0.1) is 0 Å². The highest BCUT2D eigenvalue weighted by Gasteiger charge is 2.27. The Balaban J connectivity index is 2.17. The molecule has 0 N–H and O–H groups in total. The maximum Gasteiger partial charge on any atom is 0.339 e. The molecule has 0 aliphatic carbocycles. The van der Waals surface area contributed by atoms with Crippen molar-refractivity contribution in [2.75, 3.05) is 38.7 Å². The zero-order valence-electron chi connectivity index (χ0n) is 18.8. The summed E-state index contributed by atoms with van der Waals surface area (Å²) in [6.07, 6.45) is -1.60. The Hall–Kier alpha value is -3.07. The molecule has 0 atom stereocenters. The first-order valence-electron chi connectivity index (χ1n) is 10.2. The van der Waals surface area contributed by atoms with Gasteiger partial charge < -0.3 is 14.4 Å². The van der Waals surface area contributed by atoms with Crippen molar-refractivity contribution in [3.8, 4) is 16.9 Å². The molecule has 0 radical (unpaired) electrons. The van der Waals surface area contributed by atoms with Crippen LogP contribution in [-0.4, -0.2) is 61.2 Å². The summed E-state index contributed by atoms with van der Waals surface area (Å²) in [5, 5.41) is 0. The summed E-state index contributed by atoms with van der Waals surface area (Å²) in [4.78, 5) is 32.8. The Kier molecular flexibility index (Phi) is 6.78. The Morgan fingerprint density at radius 2 is 1.88 bits per heavy atom. The van der Waals surface area contributed by atoms with Gasteiger partial charge >= 0.3 is 5.97 Å². The van der Waals surface area contributed by atoms with E-state index in [0.717, 1.165) is 0 Å². The molecule has 0 bridgehead atoms. The molecule has 1 fully saturated rings. The standard InChI is InChI=1S/C23H27F2N3O4/c1-23(2,3)32-22(30)15-7-6-14(28-9-8-27(4)13-20(28)29)10-16(15)17-11-18(21(24)25)26-12-19(17)31-5/h6-7,10-12,21H,8-9,13H2,1-5H3. The molecule has 2 aromatic rings. The average molecular weight is 447 g/mol. The number of likely N-dealkylation sites (N-methyl/N-ethyl adjacent to an activating group) is 1. The van der Waals surface area contributed by atoms with Crippen molar-refractivity contribution >= 4 is 17.6 Å². The van der Waals surface area contributed by atoms with E-state index in [2.05, 4.69) is 4.98 Å². The lowest BCUT2D eigenvalue weighted by molar-refractivity contribution is -0.120. The van der Waals surface area contributed by atoms with Gasteiger partial charge in [-0.1, -0.05) is 0 Å². The second-order valence-electron chi connectivity index (χ2n) is 8.63. The minimum absolute atomic E-state index is 0.0929. The molecule has 1 aliphatic rings. The van der Waals surface area contributed by atoms with Gasteiger partial charge in [0.1, 0.15) is 17.0 Å². The molecule has 1 aliphatic heterocycles. The number of ether oxygens (including phenoxy) is 2. The maximum absolute atomic E-state index is 13.4. The SMILES string of the molecule is COc1cnc(C(F)F)cc1-c1cc(N2CCN(C)CC2=O)ccc1C(=O)OC(C)(C)C. The number of nitrogens with zero attached hydrogens (tertiary/aromatic N) is 3. The molecule has 9 heteroatoms. The molecule has 2 heterocycles. The van der Waals surface area contributed by atoms with E-state index in [4.69, 9.17) is 9.47 Å². The van der Waals surface area contributed by atoms with Crippen LogP contribution in [0.1, 0.15) is 43.2 Å². The quantitative estimate of drug-likeness (QED) is 0.647. The smallest absolute Gasteiger partial charge is 0.339 e. The van der Waals surface area contributed by atoms with E-state index in [-0.39, 0.29) is 29.3 Å². The average Bonchev–Trinajstić information content (AvgIpc) is 2.71. The highest BCUT2D eigenvalue weighted by molar-refractivity contribution is 6.01. The number of amides is 1. The number of hydrogen-bond acceptors (Lipinski definition) is 6. The molecule has 1 aromatic heterocycles. The van der Waals surface area contributed by atoms with E-state index in [9.17, 15) is 18.4 Å². The highest BCUT2D eigenvalue weighted by Crippen LogP contribution is 2.37. The summed E-state index contributed by atoms with van der Waals surface area (Å²) >= 11 is 0. The van der Waals surface area contributed by atoms with Crippen LogP contribution in [0.3, 0.4) is 0 Å². The van der Waals surface area contributed by atoms with Crippen LogP contribution in [0.2, 0.25) is 0 Å². The maximum atomic E-state index is 13.4. The van der Waals surface area contributed by atoms with Crippen LogP contribution in [-0.2, 0) is 9.53 Å². The van der Waals surface area contributed by atoms with Gasteiger partial charge in [0.2, 0.25) is 5.91 Å². The van der Waals surface area contributed by atoms with Gasteiger partial charge in [-0.05, 0) is 52.1 Å². The molecule has 172 valence electrons. The van der Waals surface area contributed by atoms with E-state index in [0.29, 0.717) is 24.3 Å². The molecule has 1 amide bonds. The van der Waals surface area contributed by atoms with Gasteiger partial charge in [-0.15, -0.1) is 0 Å². The van der Waals surface area contributed by atoms with Gasteiger partial charge in [0.25, 0.3) is 6.43 Å². The normalized spacial score (nSPS) is 15.2. The van der Waals surface area contributed by atoms with E-state index in [1.165, 1.54) is 19.4 Å². The fourth-order valence-corrected chi connectivity index (χ4v) is 3.45. The molecular formula is C23H27F2N3O4. The Morgan fingerprint density at radius 3 is 2.47 bits per heavy atom. The summed E-state index contributed by atoms with van der Waals surface area (Å²) < 4.78 is 37.6. The number of pyridine rings is 1. The van der Waals surface area contributed by atoms with Gasteiger partial charge in [0, 0.05) is 29.9 Å². The van der Waals surface area contributed by atoms with Crippen LogP contribution in [0.25, 0.3) is 11.1 Å². The number of aromatic nitrogens is 1. The zero-order chi connectivity index (χ0) is 23.6. The topological polar surface area (TPSA) is 72.0 Å². The predicted molar refractivity (Wildman–Crippen MR) is 116 cm³/mol. The van der Waals surface area contributed by atoms with E-state index < -0.39 is 23.7 Å².